The molecule has 25 heavy (non-hydrogen) atoms. The van der Waals surface area contributed by atoms with Crippen molar-refractivity contribution in [3.63, 3.8) is 0 Å². The fourth-order valence-electron chi connectivity index (χ4n) is 3.02. The van der Waals surface area contributed by atoms with Crippen molar-refractivity contribution in [2.24, 2.45) is 0 Å². The highest BCUT2D eigenvalue weighted by Crippen LogP contribution is 2.28. The van der Waals surface area contributed by atoms with Crippen LogP contribution in [-0.4, -0.2) is 13.0 Å². The summed E-state index contributed by atoms with van der Waals surface area (Å²) in [7, 11) is 1.62. The summed E-state index contributed by atoms with van der Waals surface area (Å²) in [5.41, 5.74) is 1.63. The number of furan rings is 1. The van der Waals surface area contributed by atoms with Gasteiger partial charge in [0.25, 0.3) is 5.91 Å². The maximum atomic E-state index is 12.5. The number of carbonyl (C=O) groups is 1. The predicted octanol–water partition coefficient (Wildman–Crippen LogP) is 4.52. The van der Waals surface area contributed by atoms with Crippen molar-refractivity contribution in [3.05, 3.63) is 78.1 Å². The molecule has 1 heterocycles. The zero-order chi connectivity index (χ0) is 17.2. The zero-order valence-corrected chi connectivity index (χ0v) is 13.8. The van der Waals surface area contributed by atoms with Gasteiger partial charge in [-0.15, -0.1) is 0 Å². The molecule has 0 radical (unpaired) electrons. The van der Waals surface area contributed by atoms with Crippen LogP contribution in [0.5, 0.6) is 5.75 Å². The molecule has 0 bridgehead atoms. The van der Waals surface area contributed by atoms with Crippen LogP contribution in [0.3, 0.4) is 0 Å². The number of amides is 1. The number of hydrogen-bond acceptors (Lipinski definition) is 3. The Kier molecular flexibility index (Phi) is 3.86. The van der Waals surface area contributed by atoms with Gasteiger partial charge in [-0.1, -0.05) is 48.5 Å². The summed E-state index contributed by atoms with van der Waals surface area (Å²) in [6.45, 7) is 0.376. The van der Waals surface area contributed by atoms with Crippen molar-refractivity contribution in [1.82, 2.24) is 5.32 Å². The van der Waals surface area contributed by atoms with E-state index in [1.54, 1.807) is 13.2 Å². The first-order valence-corrected chi connectivity index (χ1v) is 8.07. The molecule has 0 aliphatic heterocycles. The Hall–Kier alpha value is -3.27. The number of rotatable bonds is 4. The minimum absolute atomic E-state index is 0.244. The van der Waals surface area contributed by atoms with Gasteiger partial charge in [-0.2, -0.15) is 0 Å². The molecular weight excluding hydrogens is 314 g/mol. The van der Waals surface area contributed by atoms with Gasteiger partial charge in [-0.25, -0.2) is 0 Å². The third kappa shape index (κ3) is 2.83. The maximum absolute atomic E-state index is 12.5. The molecule has 4 nitrogen and oxygen atoms in total. The highest BCUT2D eigenvalue weighted by atomic mass is 16.5. The molecule has 0 saturated heterocycles. The average Bonchev–Trinajstić information content (AvgIpc) is 3.11. The molecule has 1 amide bonds. The molecule has 0 unspecified atom stereocenters. The molecule has 4 aromatic rings. The smallest absolute Gasteiger partial charge is 0.287 e. The van der Waals surface area contributed by atoms with Crippen LogP contribution in [0.1, 0.15) is 16.1 Å². The highest BCUT2D eigenvalue weighted by Gasteiger charge is 2.14. The molecule has 0 atom stereocenters. The van der Waals surface area contributed by atoms with Crippen LogP contribution in [0.15, 0.2) is 71.1 Å². The fourth-order valence-corrected chi connectivity index (χ4v) is 3.02. The fraction of sp³-hybridized carbons (Fsp3) is 0.0952. The molecule has 0 spiro atoms. The Labute approximate surface area is 145 Å². The molecule has 3 aromatic carbocycles. The lowest BCUT2D eigenvalue weighted by molar-refractivity contribution is 0.0925. The van der Waals surface area contributed by atoms with Crippen molar-refractivity contribution in [2.75, 3.05) is 7.11 Å². The second kappa shape index (κ2) is 6.32. The number of para-hydroxylation sites is 1. The van der Waals surface area contributed by atoms with Crippen molar-refractivity contribution in [1.29, 1.82) is 0 Å². The summed E-state index contributed by atoms with van der Waals surface area (Å²) >= 11 is 0. The summed E-state index contributed by atoms with van der Waals surface area (Å²) in [6.07, 6.45) is 0. The number of hydrogen-bond donors (Lipinski definition) is 1. The van der Waals surface area contributed by atoms with E-state index in [9.17, 15) is 4.79 Å². The van der Waals surface area contributed by atoms with E-state index in [0.717, 1.165) is 27.5 Å². The molecular formula is C21H17NO3. The summed E-state index contributed by atoms with van der Waals surface area (Å²) < 4.78 is 11.0. The van der Waals surface area contributed by atoms with E-state index in [-0.39, 0.29) is 5.91 Å². The highest BCUT2D eigenvalue weighted by molar-refractivity contribution is 6.08. The molecule has 0 aliphatic rings. The number of methoxy groups -OCH3 is 1. The normalized spacial score (nSPS) is 10.9. The summed E-state index contributed by atoms with van der Waals surface area (Å²) in [6, 6.07) is 21.4. The number of carbonyl (C=O) groups excluding carboxylic acids is 1. The first-order chi connectivity index (χ1) is 12.3. The second-order valence-corrected chi connectivity index (χ2v) is 5.80. The van der Waals surface area contributed by atoms with Crippen molar-refractivity contribution < 1.29 is 13.9 Å². The first-order valence-electron chi connectivity index (χ1n) is 8.07. The minimum atomic E-state index is -0.244. The van der Waals surface area contributed by atoms with E-state index in [1.165, 1.54) is 0 Å². The van der Waals surface area contributed by atoms with E-state index < -0.39 is 0 Å². The Balaban J connectivity index is 1.61. The van der Waals surface area contributed by atoms with Gasteiger partial charge >= 0.3 is 0 Å². The number of fused-ring (bicyclic) bond motifs is 3. The van der Waals surface area contributed by atoms with Gasteiger partial charge in [0.05, 0.1) is 7.11 Å². The SMILES string of the molecule is COc1ccccc1CNC(=O)c1cc2c(ccc3ccccc32)o1. The van der Waals surface area contributed by atoms with Gasteiger partial charge in [0.2, 0.25) is 0 Å². The maximum Gasteiger partial charge on any atom is 0.287 e. The average molecular weight is 331 g/mol. The Morgan fingerprint density at radius 2 is 1.80 bits per heavy atom. The van der Waals surface area contributed by atoms with Crippen LogP contribution in [0.2, 0.25) is 0 Å². The number of benzene rings is 3. The van der Waals surface area contributed by atoms with Crippen molar-refractivity contribution in [2.45, 2.75) is 6.54 Å². The molecule has 4 heteroatoms. The van der Waals surface area contributed by atoms with Crippen LogP contribution >= 0.6 is 0 Å². The lowest BCUT2D eigenvalue weighted by Gasteiger charge is -2.08. The van der Waals surface area contributed by atoms with Crippen LogP contribution in [-0.2, 0) is 6.54 Å². The lowest BCUT2D eigenvalue weighted by atomic mass is 10.1. The molecule has 0 fully saturated rings. The minimum Gasteiger partial charge on any atom is -0.496 e. The summed E-state index contributed by atoms with van der Waals surface area (Å²) in [4.78, 5) is 12.5. The van der Waals surface area contributed by atoms with E-state index in [2.05, 4.69) is 5.32 Å². The molecule has 1 N–H and O–H groups in total. The van der Waals surface area contributed by atoms with E-state index in [0.29, 0.717) is 17.9 Å². The Bertz CT molecular complexity index is 1070. The van der Waals surface area contributed by atoms with Gasteiger partial charge < -0.3 is 14.5 Å². The van der Waals surface area contributed by atoms with Crippen molar-refractivity contribution in [3.8, 4) is 5.75 Å². The van der Waals surface area contributed by atoms with Gasteiger partial charge in [-0.3, -0.25) is 4.79 Å². The van der Waals surface area contributed by atoms with Crippen LogP contribution in [0.4, 0.5) is 0 Å². The molecule has 0 aliphatic carbocycles. The van der Waals surface area contributed by atoms with Crippen molar-refractivity contribution >= 4 is 27.6 Å². The number of nitrogens with one attached hydrogen (secondary N) is 1. The quantitative estimate of drug-likeness (QED) is 0.598. The van der Waals surface area contributed by atoms with Gasteiger partial charge in [0.15, 0.2) is 5.76 Å². The van der Waals surface area contributed by atoms with E-state index in [4.69, 9.17) is 9.15 Å². The molecule has 4 rings (SSSR count). The topological polar surface area (TPSA) is 51.5 Å². The second-order valence-electron chi connectivity index (χ2n) is 5.80. The van der Waals surface area contributed by atoms with Gasteiger partial charge in [0, 0.05) is 17.5 Å². The van der Waals surface area contributed by atoms with Crippen LogP contribution in [0, 0.1) is 0 Å². The zero-order valence-electron chi connectivity index (χ0n) is 13.8. The van der Waals surface area contributed by atoms with Gasteiger partial charge in [0.1, 0.15) is 11.3 Å². The molecule has 0 saturated carbocycles. The lowest BCUT2D eigenvalue weighted by Crippen LogP contribution is -2.22. The van der Waals surface area contributed by atoms with Crippen LogP contribution in [0.25, 0.3) is 21.7 Å². The summed E-state index contributed by atoms with van der Waals surface area (Å²) in [5.74, 6) is 0.811. The predicted molar refractivity (Wildman–Crippen MR) is 97.9 cm³/mol. The number of ether oxygens (including phenoxy) is 1. The van der Waals surface area contributed by atoms with E-state index in [1.807, 2.05) is 60.7 Å². The Morgan fingerprint density at radius 1 is 1.00 bits per heavy atom. The molecule has 1 aromatic heterocycles. The van der Waals surface area contributed by atoms with Gasteiger partial charge in [-0.05, 0) is 29.0 Å². The van der Waals surface area contributed by atoms with Crippen LogP contribution < -0.4 is 10.1 Å². The third-order valence-electron chi connectivity index (χ3n) is 4.28. The standard InChI is InChI=1S/C21H17NO3/c1-24-18-9-5-3-7-15(18)13-22-21(23)20-12-17-16-8-4-2-6-14(16)10-11-19(17)25-20/h2-12H,13H2,1H3,(H,22,23). The largest absolute Gasteiger partial charge is 0.496 e. The molecule has 124 valence electrons. The Morgan fingerprint density at radius 3 is 2.68 bits per heavy atom. The third-order valence-corrected chi connectivity index (χ3v) is 4.28. The van der Waals surface area contributed by atoms with E-state index >= 15 is 0 Å². The monoisotopic (exact) mass is 331 g/mol. The summed E-state index contributed by atoms with van der Waals surface area (Å²) in [5, 5.41) is 6.03. The first kappa shape index (κ1) is 15.3.